The lowest BCUT2D eigenvalue weighted by Gasteiger charge is -2.02. The van der Waals surface area contributed by atoms with Gasteiger partial charge in [0.2, 0.25) is 5.91 Å². The highest BCUT2D eigenvalue weighted by atomic mass is 16.6. The molecular formula is C18H12N4O3. The van der Waals surface area contributed by atoms with E-state index in [9.17, 15) is 14.9 Å². The molecule has 0 unspecified atom stereocenters. The van der Waals surface area contributed by atoms with Crippen LogP contribution >= 0.6 is 0 Å². The van der Waals surface area contributed by atoms with Gasteiger partial charge >= 0.3 is 0 Å². The minimum Gasteiger partial charge on any atom is -0.274 e. The lowest BCUT2D eigenvalue weighted by atomic mass is 10.1. The summed E-state index contributed by atoms with van der Waals surface area (Å²) in [6.45, 7) is 1.48. The predicted octanol–water partition coefficient (Wildman–Crippen LogP) is 3.82. The van der Waals surface area contributed by atoms with Gasteiger partial charge in [0, 0.05) is 35.4 Å². The van der Waals surface area contributed by atoms with Gasteiger partial charge in [-0.1, -0.05) is 18.2 Å². The van der Waals surface area contributed by atoms with Crippen LogP contribution in [0.3, 0.4) is 0 Å². The number of carbonyl (C=O) groups excluding carboxylic acids is 1. The molecule has 7 nitrogen and oxygen atoms in total. The van der Waals surface area contributed by atoms with Crippen LogP contribution in [0.2, 0.25) is 0 Å². The third kappa shape index (κ3) is 2.33. The lowest BCUT2D eigenvalue weighted by Crippen LogP contribution is -2.06. The van der Waals surface area contributed by atoms with E-state index in [1.807, 2.05) is 30.3 Å². The highest BCUT2D eigenvalue weighted by molar-refractivity contribution is 6.12. The second kappa shape index (κ2) is 5.48. The van der Waals surface area contributed by atoms with Gasteiger partial charge in [-0.3, -0.25) is 19.5 Å². The first-order valence-electron chi connectivity index (χ1n) is 7.59. The molecule has 0 spiro atoms. The van der Waals surface area contributed by atoms with Crippen molar-refractivity contribution in [3.8, 4) is 11.3 Å². The molecule has 0 radical (unpaired) electrons. The van der Waals surface area contributed by atoms with Crippen LogP contribution in [0.5, 0.6) is 0 Å². The van der Waals surface area contributed by atoms with Gasteiger partial charge in [0.05, 0.1) is 16.1 Å². The average molecular weight is 332 g/mol. The summed E-state index contributed by atoms with van der Waals surface area (Å²) in [7, 11) is 0. The maximum atomic E-state index is 12.0. The van der Waals surface area contributed by atoms with Crippen molar-refractivity contribution in [2.75, 3.05) is 0 Å². The molecule has 4 rings (SSSR count). The number of hydrogen-bond acceptors (Lipinski definition) is 5. The molecule has 122 valence electrons. The molecule has 0 atom stereocenters. The third-order valence-corrected chi connectivity index (χ3v) is 4.11. The zero-order chi connectivity index (χ0) is 17.6. The number of fused-ring (bicyclic) bond motifs is 3. The molecule has 0 aliphatic rings. The molecule has 0 saturated carbocycles. The summed E-state index contributed by atoms with van der Waals surface area (Å²) < 4.78 is 1.54. The Balaban J connectivity index is 1.95. The number of para-hydroxylation sites is 1. The zero-order valence-corrected chi connectivity index (χ0v) is 13.2. The standard InChI is InChI=1S/C18H12N4O3/c1-11(23)21-17-5-3-2-4-14(17)15-10-16(19-20-18(15)21)12-6-8-13(9-7-12)22(24)25/h2-10H,1H3. The Labute approximate surface area is 141 Å². The zero-order valence-electron chi connectivity index (χ0n) is 13.2. The van der Waals surface area contributed by atoms with Crippen LogP contribution in [0.15, 0.2) is 54.6 Å². The maximum Gasteiger partial charge on any atom is 0.269 e. The summed E-state index contributed by atoms with van der Waals surface area (Å²) in [5, 5.41) is 20.9. The molecule has 0 amide bonds. The van der Waals surface area contributed by atoms with E-state index >= 15 is 0 Å². The summed E-state index contributed by atoms with van der Waals surface area (Å²) in [6.07, 6.45) is 0. The van der Waals surface area contributed by atoms with Crippen LogP contribution in [-0.2, 0) is 0 Å². The molecule has 2 heterocycles. The van der Waals surface area contributed by atoms with Crippen molar-refractivity contribution in [3.63, 3.8) is 0 Å². The molecule has 0 aliphatic heterocycles. The van der Waals surface area contributed by atoms with Crippen LogP contribution in [0.1, 0.15) is 11.7 Å². The van der Waals surface area contributed by atoms with Crippen LogP contribution in [0.4, 0.5) is 5.69 Å². The van der Waals surface area contributed by atoms with Crippen molar-refractivity contribution in [2.45, 2.75) is 6.92 Å². The molecule has 0 N–H and O–H groups in total. The first-order valence-corrected chi connectivity index (χ1v) is 7.59. The van der Waals surface area contributed by atoms with Gasteiger partial charge in [-0.15, -0.1) is 10.2 Å². The Morgan fingerprint density at radius 3 is 2.44 bits per heavy atom. The average Bonchev–Trinajstić information content (AvgIpc) is 2.95. The predicted molar refractivity (Wildman–Crippen MR) is 93.4 cm³/mol. The van der Waals surface area contributed by atoms with E-state index in [0.29, 0.717) is 11.3 Å². The summed E-state index contributed by atoms with van der Waals surface area (Å²) >= 11 is 0. The first-order chi connectivity index (χ1) is 12.1. The SMILES string of the molecule is CC(=O)n1c2ccccc2c2cc(-c3ccc([N+](=O)[O-])cc3)nnc21. The van der Waals surface area contributed by atoms with E-state index in [4.69, 9.17) is 0 Å². The Morgan fingerprint density at radius 1 is 1.04 bits per heavy atom. The highest BCUT2D eigenvalue weighted by Gasteiger charge is 2.16. The van der Waals surface area contributed by atoms with Gasteiger partial charge < -0.3 is 0 Å². The van der Waals surface area contributed by atoms with Gasteiger partial charge in [-0.2, -0.15) is 0 Å². The van der Waals surface area contributed by atoms with Crippen LogP contribution in [0.25, 0.3) is 33.2 Å². The Bertz CT molecular complexity index is 1150. The molecule has 2 aromatic heterocycles. The van der Waals surface area contributed by atoms with E-state index in [2.05, 4.69) is 10.2 Å². The van der Waals surface area contributed by atoms with E-state index < -0.39 is 4.92 Å². The van der Waals surface area contributed by atoms with Gasteiger partial charge in [0.15, 0.2) is 5.65 Å². The van der Waals surface area contributed by atoms with Crippen LogP contribution in [0, 0.1) is 10.1 Å². The summed E-state index contributed by atoms with van der Waals surface area (Å²) in [5.74, 6) is -0.136. The lowest BCUT2D eigenvalue weighted by molar-refractivity contribution is -0.384. The minimum atomic E-state index is -0.445. The Kier molecular flexibility index (Phi) is 3.28. The number of carbonyl (C=O) groups is 1. The van der Waals surface area contributed by atoms with Gasteiger partial charge in [0.25, 0.3) is 5.69 Å². The quantitative estimate of drug-likeness (QED) is 0.411. The molecule has 0 bridgehead atoms. The molecule has 0 saturated heterocycles. The van der Waals surface area contributed by atoms with Crippen LogP contribution < -0.4 is 0 Å². The maximum absolute atomic E-state index is 12.0. The van der Waals surface area contributed by atoms with Gasteiger partial charge in [-0.25, -0.2) is 0 Å². The number of non-ortho nitro benzene ring substituents is 1. The van der Waals surface area contributed by atoms with Gasteiger partial charge in [0.1, 0.15) is 0 Å². The molecule has 4 aromatic rings. The highest BCUT2D eigenvalue weighted by Crippen LogP contribution is 2.30. The second-order valence-corrected chi connectivity index (χ2v) is 5.64. The number of nitrogens with zero attached hydrogens (tertiary/aromatic N) is 4. The Hall–Kier alpha value is -3.61. The van der Waals surface area contributed by atoms with Crippen molar-refractivity contribution in [3.05, 3.63) is 64.7 Å². The van der Waals surface area contributed by atoms with E-state index in [0.717, 1.165) is 21.9 Å². The van der Waals surface area contributed by atoms with E-state index in [-0.39, 0.29) is 11.6 Å². The molecule has 0 aliphatic carbocycles. The number of hydrogen-bond donors (Lipinski definition) is 0. The van der Waals surface area contributed by atoms with Crippen molar-refractivity contribution in [1.82, 2.24) is 14.8 Å². The van der Waals surface area contributed by atoms with Crippen molar-refractivity contribution in [2.24, 2.45) is 0 Å². The molecule has 25 heavy (non-hydrogen) atoms. The van der Waals surface area contributed by atoms with Crippen molar-refractivity contribution in [1.29, 1.82) is 0 Å². The largest absolute Gasteiger partial charge is 0.274 e. The molecule has 0 fully saturated rings. The summed E-state index contributed by atoms with van der Waals surface area (Å²) in [4.78, 5) is 22.4. The molecule has 7 heteroatoms. The number of benzene rings is 2. The van der Waals surface area contributed by atoms with Crippen molar-refractivity contribution >= 4 is 33.5 Å². The monoisotopic (exact) mass is 332 g/mol. The Morgan fingerprint density at radius 2 is 1.76 bits per heavy atom. The summed E-state index contributed by atoms with van der Waals surface area (Å²) in [5.41, 5.74) is 2.61. The molecule has 2 aromatic carbocycles. The van der Waals surface area contributed by atoms with Crippen molar-refractivity contribution < 1.29 is 9.72 Å². The second-order valence-electron chi connectivity index (χ2n) is 5.64. The van der Waals surface area contributed by atoms with E-state index in [1.165, 1.54) is 23.6 Å². The number of nitro groups is 1. The number of aromatic nitrogens is 3. The normalized spacial score (nSPS) is 11.1. The number of nitro benzene ring substituents is 1. The smallest absolute Gasteiger partial charge is 0.269 e. The number of rotatable bonds is 2. The van der Waals surface area contributed by atoms with Gasteiger partial charge in [-0.05, 0) is 24.3 Å². The fourth-order valence-corrected chi connectivity index (χ4v) is 2.97. The summed E-state index contributed by atoms with van der Waals surface area (Å²) in [6, 6.07) is 15.5. The van der Waals surface area contributed by atoms with E-state index in [1.54, 1.807) is 12.1 Å². The third-order valence-electron chi connectivity index (χ3n) is 4.11. The first kappa shape index (κ1) is 14.9. The fraction of sp³-hybridized carbons (Fsp3) is 0.0556. The van der Waals surface area contributed by atoms with Crippen LogP contribution in [-0.4, -0.2) is 25.6 Å². The fourth-order valence-electron chi connectivity index (χ4n) is 2.97. The minimum absolute atomic E-state index is 0.0194. The molecular weight excluding hydrogens is 320 g/mol. The topological polar surface area (TPSA) is 90.9 Å².